The Hall–Kier alpha value is -1.39. The summed E-state index contributed by atoms with van der Waals surface area (Å²) in [5.74, 6) is -0.275. The molecule has 0 unspecified atom stereocenters. The van der Waals surface area contributed by atoms with Crippen LogP contribution in [0.2, 0.25) is 0 Å². The Morgan fingerprint density at radius 2 is 2.18 bits per heavy atom. The fourth-order valence-corrected chi connectivity index (χ4v) is 2.88. The summed E-state index contributed by atoms with van der Waals surface area (Å²) in [4.78, 5) is 12.7. The SMILES string of the molecule is CN(CCc1csc2ccccc12)CC(N)=O. The molecule has 0 bridgehead atoms. The van der Waals surface area contributed by atoms with Crippen LogP contribution >= 0.6 is 11.3 Å². The highest BCUT2D eigenvalue weighted by molar-refractivity contribution is 7.17. The first-order chi connectivity index (χ1) is 8.16. The highest BCUT2D eigenvalue weighted by Gasteiger charge is 2.06. The van der Waals surface area contributed by atoms with E-state index in [0.29, 0.717) is 6.54 Å². The standard InChI is InChI=1S/C13H16N2OS/c1-15(8-13(14)16)7-6-10-9-17-12-5-3-2-4-11(10)12/h2-5,9H,6-8H2,1H3,(H2,14,16). The van der Waals surface area contributed by atoms with E-state index in [1.54, 1.807) is 11.3 Å². The van der Waals surface area contributed by atoms with Crippen molar-refractivity contribution in [2.24, 2.45) is 5.73 Å². The van der Waals surface area contributed by atoms with Crippen molar-refractivity contribution < 1.29 is 4.79 Å². The zero-order chi connectivity index (χ0) is 12.3. The minimum Gasteiger partial charge on any atom is -0.369 e. The van der Waals surface area contributed by atoms with E-state index < -0.39 is 0 Å². The van der Waals surface area contributed by atoms with Crippen molar-refractivity contribution in [2.45, 2.75) is 6.42 Å². The Morgan fingerprint density at radius 3 is 2.94 bits per heavy atom. The Morgan fingerprint density at radius 1 is 1.41 bits per heavy atom. The van der Waals surface area contributed by atoms with Crippen LogP contribution in [-0.4, -0.2) is 30.9 Å². The molecule has 1 amide bonds. The van der Waals surface area contributed by atoms with Gasteiger partial charge in [0.1, 0.15) is 0 Å². The maximum atomic E-state index is 10.8. The molecule has 17 heavy (non-hydrogen) atoms. The lowest BCUT2D eigenvalue weighted by Crippen LogP contribution is -2.32. The second kappa shape index (κ2) is 5.29. The van der Waals surface area contributed by atoms with Crippen LogP contribution in [-0.2, 0) is 11.2 Å². The Labute approximate surface area is 105 Å². The van der Waals surface area contributed by atoms with Gasteiger partial charge in [0.05, 0.1) is 6.54 Å². The molecule has 0 fully saturated rings. The normalized spacial score (nSPS) is 11.2. The monoisotopic (exact) mass is 248 g/mol. The van der Waals surface area contributed by atoms with Gasteiger partial charge in [-0.2, -0.15) is 0 Å². The number of benzene rings is 1. The number of thiophene rings is 1. The van der Waals surface area contributed by atoms with Crippen LogP contribution in [0.1, 0.15) is 5.56 Å². The smallest absolute Gasteiger partial charge is 0.231 e. The number of likely N-dealkylation sites (N-methyl/N-ethyl adjacent to an activating group) is 1. The summed E-state index contributed by atoms with van der Waals surface area (Å²) in [6.07, 6.45) is 0.952. The Balaban J connectivity index is 2.02. The van der Waals surface area contributed by atoms with Crippen molar-refractivity contribution in [3.8, 4) is 0 Å². The summed E-state index contributed by atoms with van der Waals surface area (Å²) in [6, 6.07) is 8.40. The minimum absolute atomic E-state index is 0.275. The molecular weight excluding hydrogens is 232 g/mol. The van der Waals surface area contributed by atoms with E-state index in [0.717, 1.165) is 13.0 Å². The van der Waals surface area contributed by atoms with Crippen LogP contribution in [0, 0.1) is 0 Å². The molecule has 0 aliphatic heterocycles. The maximum absolute atomic E-state index is 10.8. The van der Waals surface area contributed by atoms with Gasteiger partial charge in [0.25, 0.3) is 0 Å². The first-order valence-electron chi connectivity index (χ1n) is 5.59. The largest absolute Gasteiger partial charge is 0.369 e. The molecule has 2 aromatic rings. The fourth-order valence-electron chi connectivity index (χ4n) is 1.88. The van der Waals surface area contributed by atoms with Crippen molar-refractivity contribution in [3.63, 3.8) is 0 Å². The van der Waals surface area contributed by atoms with Crippen molar-refractivity contribution in [2.75, 3.05) is 20.1 Å². The molecule has 2 N–H and O–H groups in total. The van der Waals surface area contributed by atoms with Crippen LogP contribution in [0.3, 0.4) is 0 Å². The molecule has 0 aliphatic carbocycles. The van der Waals surface area contributed by atoms with Gasteiger partial charge in [-0.3, -0.25) is 9.69 Å². The van der Waals surface area contributed by atoms with E-state index in [1.165, 1.54) is 15.6 Å². The number of hydrogen-bond acceptors (Lipinski definition) is 3. The number of amides is 1. The van der Waals surface area contributed by atoms with Gasteiger partial charge in [0, 0.05) is 11.2 Å². The Bertz CT molecular complexity index is 521. The second-order valence-corrected chi connectivity index (χ2v) is 5.12. The van der Waals surface area contributed by atoms with Gasteiger partial charge in [-0.15, -0.1) is 11.3 Å². The fraction of sp³-hybridized carbons (Fsp3) is 0.308. The van der Waals surface area contributed by atoms with Crippen LogP contribution in [0.25, 0.3) is 10.1 Å². The van der Waals surface area contributed by atoms with Gasteiger partial charge in [-0.25, -0.2) is 0 Å². The van der Waals surface area contributed by atoms with Crippen LogP contribution in [0.4, 0.5) is 0 Å². The van der Waals surface area contributed by atoms with Gasteiger partial charge in [0.15, 0.2) is 0 Å². The predicted octanol–water partition coefficient (Wildman–Crippen LogP) is 1.86. The quantitative estimate of drug-likeness (QED) is 0.878. The number of primary amides is 1. The minimum atomic E-state index is -0.275. The molecule has 90 valence electrons. The molecule has 3 nitrogen and oxygen atoms in total. The van der Waals surface area contributed by atoms with Crippen LogP contribution < -0.4 is 5.73 Å². The first kappa shape index (κ1) is 12.1. The van der Waals surface area contributed by atoms with Crippen molar-refractivity contribution in [1.82, 2.24) is 4.90 Å². The molecular formula is C13H16N2OS. The Kier molecular flexibility index (Phi) is 3.76. The maximum Gasteiger partial charge on any atom is 0.231 e. The average Bonchev–Trinajstić information content (AvgIpc) is 2.69. The van der Waals surface area contributed by atoms with E-state index in [-0.39, 0.29) is 5.91 Å². The summed E-state index contributed by atoms with van der Waals surface area (Å²) < 4.78 is 1.32. The van der Waals surface area contributed by atoms with Crippen molar-refractivity contribution >= 4 is 27.3 Å². The molecule has 1 aromatic carbocycles. The van der Waals surface area contributed by atoms with Gasteiger partial charge >= 0.3 is 0 Å². The van der Waals surface area contributed by atoms with Gasteiger partial charge in [-0.1, -0.05) is 18.2 Å². The number of fused-ring (bicyclic) bond motifs is 1. The van der Waals surface area contributed by atoms with Crippen molar-refractivity contribution in [1.29, 1.82) is 0 Å². The molecule has 0 saturated heterocycles. The molecule has 4 heteroatoms. The van der Waals surface area contributed by atoms with Crippen molar-refractivity contribution in [3.05, 3.63) is 35.2 Å². The molecule has 1 heterocycles. The number of rotatable bonds is 5. The molecule has 0 atom stereocenters. The lowest BCUT2D eigenvalue weighted by molar-refractivity contribution is -0.118. The third-order valence-corrected chi connectivity index (χ3v) is 3.76. The topological polar surface area (TPSA) is 46.3 Å². The summed E-state index contributed by atoms with van der Waals surface area (Å²) >= 11 is 1.77. The lowest BCUT2D eigenvalue weighted by Gasteiger charge is -2.13. The zero-order valence-electron chi connectivity index (χ0n) is 9.85. The third kappa shape index (κ3) is 3.05. The zero-order valence-corrected chi connectivity index (χ0v) is 10.7. The number of nitrogens with zero attached hydrogens (tertiary/aromatic N) is 1. The first-order valence-corrected chi connectivity index (χ1v) is 6.47. The summed E-state index contributed by atoms with van der Waals surface area (Å²) in [7, 11) is 1.92. The van der Waals surface area contributed by atoms with Gasteiger partial charge in [0.2, 0.25) is 5.91 Å². The summed E-state index contributed by atoms with van der Waals surface area (Å²) in [5.41, 5.74) is 6.50. The molecule has 2 rings (SSSR count). The third-order valence-electron chi connectivity index (χ3n) is 2.75. The number of carbonyl (C=O) groups is 1. The predicted molar refractivity (Wildman–Crippen MR) is 72.2 cm³/mol. The van der Waals surface area contributed by atoms with E-state index in [9.17, 15) is 4.79 Å². The molecule has 0 spiro atoms. The summed E-state index contributed by atoms with van der Waals surface area (Å²) in [6.45, 7) is 1.17. The molecule has 0 radical (unpaired) electrons. The second-order valence-electron chi connectivity index (χ2n) is 4.21. The van der Waals surface area contributed by atoms with E-state index in [2.05, 4.69) is 29.6 Å². The average molecular weight is 248 g/mol. The molecule has 0 aliphatic rings. The van der Waals surface area contributed by atoms with Crippen LogP contribution in [0.15, 0.2) is 29.6 Å². The van der Waals surface area contributed by atoms with E-state index in [1.807, 2.05) is 11.9 Å². The van der Waals surface area contributed by atoms with Crippen LogP contribution in [0.5, 0.6) is 0 Å². The molecule has 0 saturated carbocycles. The highest BCUT2D eigenvalue weighted by atomic mass is 32.1. The number of hydrogen-bond donors (Lipinski definition) is 1. The van der Waals surface area contributed by atoms with E-state index >= 15 is 0 Å². The summed E-state index contributed by atoms with van der Waals surface area (Å²) in [5, 5.41) is 3.52. The highest BCUT2D eigenvalue weighted by Crippen LogP contribution is 2.25. The number of carbonyl (C=O) groups excluding carboxylic acids is 1. The number of nitrogens with two attached hydrogens (primary N) is 1. The molecule has 1 aromatic heterocycles. The lowest BCUT2D eigenvalue weighted by atomic mass is 10.1. The van der Waals surface area contributed by atoms with Gasteiger partial charge < -0.3 is 5.73 Å². The van der Waals surface area contributed by atoms with E-state index in [4.69, 9.17) is 5.73 Å². The van der Waals surface area contributed by atoms with Gasteiger partial charge in [-0.05, 0) is 35.9 Å².